The lowest BCUT2D eigenvalue weighted by Gasteiger charge is -2.27. The summed E-state index contributed by atoms with van der Waals surface area (Å²) in [4.78, 5) is 32.7. The van der Waals surface area contributed by atoms with Crippen molar-refractivity contribution in [2.45, 2.75) is 38.3 Å². The van der Waals surface area contributed by atoms with Crippen LogP contribution < -0.4 is 5.32 Å². The number of oxazole rings is 1. The number of imide groups is 1. The largest absolute Gasteiger partial charge is 0.443 e. The SMILES string of the molecule is CCCC[C@]1(c2ccccc2)NC(=O)N(Cc2coc(-c3cccs3)n2)C1=O. The number of carbonyl (C=O) groups is 2. The van der Waals surface area contributed by atoms with Crippen LogP contribution in [0, 0.1) is 0 Å². The monoisotopic (exact) mass is 395 g/mol. The number of benzene rings is 1. The number of aromatic nitrogens is 1. The van der Waals surface area contributed by atoms with Crippen LogP contribution >= 0.6 is 11.3 Å². The summed E-state index contributed by atoms with van der Waals surface area (Å²) in [5, 5.41) is 4.90. The molecule has 1 aliphatic rings. The quantitative estimate of drug-likeness (QED) is 0.596. The Morgan fingerprint density at radius 3 is 2.71 bits per heavy atom. The van der Waals surface area contributed by atoms with E-state index in [2.05, 4.69) is 17.2 Å². The van der Waals surface area contributed by atoms with Crippen molar-refractivity contribution in [1.29, 1.82) is 0 Å². The molecule has 7 heteroatoms. The molecule has 1 saturated heterocycles. The first-order chi connectivity index (χ1) is 13.6. The van der Waals surface area contributed by atoms with Gasteiger partial charge in [-0.1, -0.05) is 56.2 Å². The summed E-state index contributed by atoms with van der Waals surface area (Å²) < 4.78 is 5.52. The predicted octanol–water partition coefficient (Wildman–Crippen LogP) is 4.54. The molecule has 1 aromatic carbocycles. The minimum atomic E-state index is -1.02. The molecule has 0 radical (unpaired) electrons. The van der Waals surface area contributed by atoms with Crippen LogP contribution in [0.1, 0.15) is 37.4 Å². The van der Waals surface area contributed by atoms with Crippen molar-refractivity contribution in [2.75, 3.05) is 0 Å². The number of nitrogens with one attached hydrogen (secondary N) is 1. The van der Waals surface area contributed by atoms with Gasteiger partial charge < -0.3 is 9.73 Å². The van der Waals surface area contributed by atoms with E-state index in [4.69, 9.17) is 4.42 Å². The highest BCUT2D eigenvalue weighted by Crippen LogP contribution is 2.35. The Kier molecular flexibility index (Phi) is 5.00. The molecule has 1 N–H and O–H groups in total. The fraction of sp³-hybridized carbons (Fsp3) is 0.286. The average Bonchev–Trinajstić information content (AvgIpc) is 3.44. The van der Waals surface area contributed by atoms with E-state index in [1.54, 1.807) is 0 Å². The summed E-state index contributed by atoms with van der Waals surface area (Å²) in [5.74, 6) is 0.259. The molecule has 1 atom stereocenters. The van der Waals surface area contributed by atoms with Gasteiger partial charge in [-0.2, -0.15) is 0 Å². The number of amides is 3. The molecule has 6 nitrogen and oxygen atoms in total. The van der Waals surface area contributed by atoms with E-state index in [0.29, 0.717) is 18.0 Å². The number of urea groups is 1. The summed E-state index contributed by atoms with van der Waals surface area (Å²) in [6.45, 7) is 2.15. The summed E-state index contributed by atoms with van der Waals surface area (Å²) in [6, 6.07) is 12.9. The van der Waals surface area contributed by atoms with Gasteiger partial charge >= 0.3 is 6.03 Å². The van der Waals surface area contributed by atoms with Gasteiger partial charge in [0, 0.05) is 0 Å². The van der Waals surface area contributed by atoms with E-state index in [1.165, 1.54) is 22.5 Å². The van der Waals surface area contributed by atoms with Gasteiger partial charge in [0.1, 0.15) is 11.8 Å². The molecule has 1 aliphatic heterocycles. The molecule has 0 unspecified atom stereocenters. The molecule has 2 aromatic heterocycles. The van der Waals surface area contributed by atoms with Crippen molar-refractivity contribution < 1.29 is 14.0 Å². The van der Waals surface area contributed by atoms with Crippen LogP contribution in [0.3, 0.4) is 0 Å². The van der Waals surface area contributed by atoms with Crippen LogP contribution in [0.2, 0.25) is 0 Å². The molecule has 0 saturated carbocycles. The van der Waals surface area contributed by atoms with Crippen LogP contribution in [-0.2, 0) is 16.9 Å². The van der Waals surface area contributed by atoms with E-state index < -0.39 is 11.6 Å². The number of thiophene rings is 1. The van der Waals surface area contributed by atoms with Crippen LogP contribution in [0.25, 0.3) is 10.8 Å². The van der Waals surface area contributed by atoms with E-state index in [0.717, 1.165) is 23.3 Å². The minimum Gasteiger partial charge on any atom is -0.443 e. The Labute approximate surface area is 167 Å². The van der Waals surface area contributed by atoms with Gasteiger partial charge in [-0.25, -0.2) is 9.78 Å². The molecule has 3 aromatic rings. The normalized spacial score (nSPS) is 19.2. The van der Waals surface area contributed by atoms with E-state index in [1.807, 2.05) is 47.8 Å². The molecule has 0 bridgehead atoms. The van der Waals surface area contributed by atoms with Crippen LogP contribution in [0.4, 0.5) is 4.79 Å². The van der Waals surface area contributed by atoms with Gasteiger partial charge in [-0.3, -0.25) is 9.69 Å². The Bertz CT molecular complexity index is 968. The van der Waals surface area contributed by atoms with Crippen LogP contribution in [-0.4, -0.2) is 21.8 Å². The first-order valence-electron chi connectivity index (χ1n) is 9.32. The number of rotatable bonds is 7. The highest BCUT2D eigenvalue weighted by molar-refractivity contribution is 7.13. The van der Waals surface area contributed by atoms with Gasteiger partial charge in [-0.15, -0.1) is 11.3 Å². The second-order valence-electron chi connectivity index (χ2n) is 6.82. The van der Waals surface area contributed by atoms with Crippen LogP contribution in [0.15, 0.2) is 58.5 Å². The molecule has 0 spiro atoms. The van der Waals surface area contributed by atoms with Crippen molar-refractivity contribution in [2.24, 2.45) is 0 Å². The zero-order valence-electron chi connectivity index (χ0n) is 15.6. The Balaban J connectivity index is 1.60. The Hall–Kier alpha value is -2.93. The van der Waals surface area contributed by atoms with Crippen molar-refractivity contribution in [3.8, 4) is 10.8 Å². The van der Waals surface area contributed by atoms with E-state index >= 15 is 0 Å². The number of hydrogen-bond donors (Lipinski definition) is 1. The van der Waals surface area contributed by atoms with Crippen molar-refractivity contribution in [1.82, 2.24) is 15.2 Å². The second-order valence-corrected chi connectivity index (χ2v) is 7.77. The fourth-order valence-corrected chi connectivity index (χ4v) is 4.15. The third-order valence-corrected chi connectivity index (χ3v) is 5.81. The molecule has 4 rings (SSSR count). The molecule has 0 aliphatic carbocycles. The predicted molar refractivity (Wildman–Crippen MR) is 107 cm³/mol. The van der Waals surface area contributed by atoms with Gasteiger partial charge in [0.05, 0.1) is 17.1 Å². The Morgan fingerprint density at radius 1 is 1.18 bits per heavy atom. The lowest BCUT2D eigenvalue weighted by atomic mass is 9.85. The molecule has 28 heavy (non-hydrogen) atoms. The number of hydrogen-bond acceptors (Lipinski definition) is 5. The number of nitrogens with zero attached hydrogens (tertiary/aromatic N) is 2. The summed E-state index contributed by atoms with van der Waals surface area (Å²) in [5.41, 5.74) is 0.337. The maximum Gasteiger partial charge on any atom is 0.325 e. The van der Waals surface area contributed by atoms with Gasteiger partial charge in [0.25, 0.3) is 5.91 Å². The third-order valence-electron chi connectivity index (χ3n) is 4.95. The lowest BCUT2D eigenvalue weighted by molar-refractivity contribution is -0.132. The third kappa shape index (κ3) is 3.22. The Morgan fingerprint density at radius 2 is 2.00 bits per heavy atom. The minimum absolute atomic E-state index is 0.0836. The average molecular weight is 395 g/mol. The summed E-state index contributed by atoms with van der Waals surface area (Å²) in [7, 11) is 0. The smallest absolute Gasteiger partial charge is 0.325 e. The molecule has 3 amide bonds. The molecule has 1 fully saturated rings. The summed E-state index contributed by atoms with van der Waals surface area (Å²) >= 11 is 1.52. The maximum absolute atomic E-state index is 13.4. The zero-order valence-corrected chi connectivity index (χ0v) is 16.4. The van der Waals surface area contributed by atoms with Crippen LogP contribution in [0.5, 0.6) is 0 Å². The van der Waals surface area contributed by atoms with Crippen molar-refractivity contribution >= 4 is 23.3 Å². The molecule has 3 heterocycles. The fourth-order valence-electron chi connectivity index (χ4n) is 3.50. The van der Waals surface area contributed by atoms with E-state index in [9.17, 15) is 9.59 Å². The van der Waals surface area contributed by atoms with Gasteiger partial charge in [0.15, 0.2) is 0 Å². The zero-order chi connectivity index (χ0) is 19.6. The molecular weight excluding hydrogens is 374 g/mol. The second kappa shape index (κ2) is 7.59. The topological polar surface area (TPSA) is 75.4 Å². The van der Waals surface area contributed by atoms with Gasteiger partial charge in [0.2, 0.25) is 5.89 Å². The molecular formula is C21H21N3O3S. The highest BCUT2D eigenvalue weighted by Gasteiger charge is 2.51. The lowest BCUT2D eigenvalue weighted by Crippen LogP contribution is -2.44. The van der Waals surface area contributed by atoms with Gasteiger partial charge in [-0.05, 0) is 23.4 Å². The number of unbranched alkanes of at least 4 members (excludes halogenated alkanes) is 1. The highest BCUT2D eigenvalue weighted by atomic mass is 32.1. The first kappa shape index (κ1) is 18.4. The van der Waals surface area contributed by atoms with Crippen molar-refractivity contribution in [3.05, 3.63) is 65.4 Å². The molecule has 144 valence electrons. The first-order valence-corrected chi connectivity index (χ1v) is 10.2. The summed E-state index contributed by atoms with van der Waals surface area (Å²) in [6.07, 6.45) is 3.84. The van der Waals surface area contributed by atoms with E-state index in [-0.39, 0.29) is 12.5 Å². The standard InChI is InChI=1S/C21H21N3O3S/c1-2-3-11-21(15-8-5-4-6-9-15)19(25)24(20(26)23-21)13-16-14-27-18(22-16)17-10-7-12-28-17/h4-10,12,14H,2-3,11,13H2,1H3,(H,23,26)/t21-/m1/s1. The number of carbonyl (C=O) groups excluding carboxylic acids is 2. The maximum atomic E-state index is 13.4. The van der Waals surface area contributed by atoms with Crippen molar-refractivity contribution in [3.63, 3.8) is 0 Å².